The Morgan fingerprint density at radius 3 is 2.59 bits per heavy atom. The highest BCUT2D eigenvalue weighted by Crippen LogP contribution is 2.30. The lowest BCUT2D eigenvalue weighted by molar-refractivity contribution is -0.132. The summed E-state index contributed by atoms with van der Waals surface area (Å²) in [5.74, 6) is 0.670. The van der Waals surface area contributed by atoms with Crippen LogP contribution in [-0.4, -0.2) is 53.6 Å². The summed E-state index contributed by atoms with van der Waals surface area (Å²) in [7, 11) is -3.01. The van der Waals surface area contributed by atoms with Crippen LogP contribution >= 0.6 is 11.8 Å². The number of nitrogens with zero attached hydrogens (tertiary/aromatic N) is 2. The van der Waals surface area contributed by atoms with E-state index in [1.807, 2.05) is 41.3 Å². The van der Waals surface area contributed by atoms with E-state index >= 15 is 0 Å². The molecule has 1 unspecified atom stereocenters. The van der Waals surface area contributed by atoms with Crippen LogP contribution in [0.2, 0.25) is 0 Å². The van der Waals surface area contributed by atoms with Crippen molar-refractivity contribution in [2.24, 2.45) is 0 Å². The first-order chi connectivity index (χ1) is 13.0. The van der Waals surface area contributed by atoms with Crippen molar-refractivity contribution in [1.82, 2.24) is 9.88 Å². The third kappa shape index (κ3) is 4.29. The molecule has 1 saturated heterocycles. The van der Waals surface area contributed by atoms with Crippen LogP contribution in [0.3, 0.4) is 0 Å². The van der Waals surface area contributed by atoms with Crippen LogP contribution in [0.5, 0.6) is 0 Å². The van der Waals surface area contributed by atoms with Crippen molar-refractivity contribution in [2.75, 3.05) is 17.3 Å². The van der Waals surface area contributed by atoms with Crippen LogP contribution in [0, 0.1) is 0 Å². The Labute approximate surface area is 164 Å². The Bertz CT molecular complexity index is 939. The summed E-state index contributed by atoms with van der Waals surface area (Å²) in [4.78, 5) is 19.6. The smallest absolute Gasteiger partial charge is 0.233 e. The van der Waals surface area contributed by atoms with Crippen LogP contribution in [0.4, 0.5) is 0 Å². The largest absolute Gasteiger partial charge is 0.335 e. The number of para-hydroxylation sites is 1. The van der Waals surface area contributed by atoms with Gasteiger partial charge in [-0.2, -0.15) is 0 Å². The Hall–Kier alpha value is -1.60. The lowest BCUT2D eigenvalue weighted by Crippen LogP contribution is -2.47. The van der Waals surface area contributed by atoms with E-state index in [4.69, 9.17) is 0 Å². The minimum atomic E-state index is -3.01. The number of rotatable bonds is 5. The summed E-state index contributed by atoms with van der Waals surface area (Å²) in [6.07, 6.45) is 4.78. The zero-order valence-corrected chi connectivity index (χ0v) is 16.8. The van der Waals surface area contributed by atoms with Gasteiger partial charge in [-0.1, -0.05) is 48.9 Å². The molecule has 0 N–H and O–H groups in total. The van der Waals surface area contributed by atoms with E-state index in [1.54, 1.807) is 0 Å². The molecule has 1 aliphatic heterocycles. The van der Waals surface area contributed by atoms with Crippen molar-refractivity contribution in [2.45, 2.75) is 49.2 Å². The van der Waals surface area contributed by atoms with E-state index in [-0.39, 0.29) is 29.5 Å². The average Bonchev–Trinajstić information content (AvgIpc) is 3.30. The van der Waals surface area contributed by atoms with Gasteiger partial charge in [0, 0.05) is 17.5 Å². The molecule has 1 aromatic carbocycles. The Morgan fingerprint density at radius 1 is 1.07 bits per heavy atom. The van der Waals surface area contributed by atoms with E-state index in [9.17, 15) is 13.2 Å². The van der Waals surface area contributed by atoms with Crippen LogP contribution in [0.15, 0.2) is 41.4 Å². The molecular weight excluding hydrogens is 380 g/mol. The first kappa shape index (κ1) is 18.7. The second kappa shape index (κ2) is 7.80. The number of hydrogen-bond donors (Lipinski definition) is 0. The predicted octanol–water partition coefficient (Wildman–Crippen LogP) is 3.29. The fraction of sp³-hybridized carbons (Fsp3) is 0.500. The molecule has 1 aliphatic carbocycles. The maximum Gasteiger partial charge on any atom is 0.233 e. The number of carbonyl (C=O) groups is 1. The molecule has 2 heterocycles. The van der Waals surface area contributed by atoms with Gasteiger partial charge >= 0.3 is 0 Å². The SMILES string of the molecule is O=C(CSc1ccc2ccccc2n1)N(C1CCCC1)C1CCS(=O)(=O)C1. The van der Waals surface area contributed by atoms with Gasteiger partial charge < -0.3 is 4.90 Å². The zero-order chi connectivity index (χ0) is 18.9. The van der Waals surface area contributed by atoms with Crippen molar-refractivity contribution in [3.05, 3.63) is 36.4 Å². The van der Waals surface area contributed by atoms with E-state index in [0.29, 0.717) is 12.2 Å². The van der Waals surface area contributed by atoms with Crippen molar-refractivity contribution < 1.29 is 13.2 Å². The Morgan fingerprint density at radius 2 is 1.85 bits per heavy atom. The lowest BCUT2D eigenvalue weighted by Gasteiger charge is -2.34. The summed E-state index contributed by atoms with van der Waals surface area (Å²) in [5.41, 5.74) is 0.921. The second-order valence-electron chi connectivity index (χ2n) is 7.43. The third-order valence-electron chi connectivity index (χ3n) is 5.52. The van der Waals surface area contributed by atoms with Gasteiger partial charge in [0.2, 0.25) is 5.91 Å². The Balaban J connectivity index is 1.47. The topological polar surface area (TPSA) is 67.3 Å². The first-order valence-corrected chi connectivity index (χ1v) is 12.3. The minimum absolute atomic E-state index is 0.0453. The van der Waals surface area contributed by atoms with Crippen molar-refractivity contribution in [3.63, 3.8) is 0 Å². The standard InChI is InChI=1S/C20H24N2O3S2/c23-20(13-26-19-10-9-15-5-1-4-8-18(15)21-19)22(16-6-2-3-7-16)17-11-12-27(24,25)14-17/h1,4-5,8-10,16-17H,2-3,6-7,11-14H2. The van der Waals surface area contributed by atoms with Crippen molar-refractivity contribution >= 4 is 38.4 Å². The number of carbonyl (C=O) groups excluding carboxylic acids is 1. The van der Waals surface area contributed by atoms with E-state index < -0.39 is 9.84 Å². The second-order valence-corrected chi connectivity index (χ2v) is 10.7. The number of amides is 1. The van der Waals surface area contributed by atoms with E-state index in [0.717, 1.165) is 41.6 Å². The highest BCUT2D eigenvalue weighted by Gasteiger charge is 2.38. The number of fused-ring (bicyclic) bond motifs is 1. The molecule has 144 valence electrons. The number of thioether (sulfide) groups is 1. The van der Waals surface area contributed by atoms with Gasteiger partial charge in [-0.05, 0) is 31.4 Å². The maximum atomic E-state index is 13.0. The van der Waals surface area contributed by atoms with Gasteiger partial charge in [0.25, 0.3) is 0 Å². The maximum absolute atomic E-state index is 13.0. The highest BCUT2D eigenvalue weighted by molar-refractivity contribution is 7.99. The summed E-state index contributed by atoms with van der Waals surface area (Å²) in [6.45, 7) is 0. The average molecular weight is 405 g/mol. The lowest BCUT2D eigenvalue weighted by atomic mass is 10.1. The number of sulfone groups is 1. The minimum Gasteiger partial charge on any atom is -0.335 e. The predicted molar refractivity (Wildman–Crippen MR) is 109 cm³/mol. The number of benzene rings is 1. The number of hydrogen-bond acceptors (Lipinski definition) is 5. The summed E-state index contributed by atoms with van der Waals surface area (Å²) < 4.78 is 23.9. The van der Waals surface area contributed by atoms with Crippen LogP contribution < -0.4 is 0 Å². The summed E-state index contributed by atoms with van der Waals surface area (Å²) in [5, 5.41) is 1.91. The van der Waals surface area contributed by atoms with Crippen LogP contribution in [0.1, 0.15) is 32.1 Å². The Kier molecular flexibility index (Phi) is 5.41. The van der Waals surface area contributed by atoms with Crippen molar-refractivity contribution in [1.29, 1.82) is 0 Å². The van der Waals surface area contributed by atoms with Gasteiger partial charge in [-0.25, -0.2) is 13.4 Å². The molecule has 0 radical (unpaired) electrons. The van der Waals surface area contributed by atoms with Gasteiger partial charge in [-0.15, -0.1) is 0 Å². The zero-order valence-electron chi connectivity index (χ0n) is 15.2. The van der Waals surface area contributed by atoms with Gasteiger partial charge in [0.1, 0.15) is 0 Å². The molecule has 0 bridgehead atoms. The monoisotopic (exact) mass is 404 g/mol. The molecule has 2 aromatic rings. The number of aromatic nitrogens is 1. The first-order valence-electron chi connectivity index (χ1n) is 9.52. The molecule has 0 spiro atoms. The quantitative estimate of drug-likeness (QED) is 0.716. The molecule has 27 heavy (non-hydrogen) atoms. The molecule has 4 rings (SSSR count). The van der Waals surface area contributed by atoms with E-state index in [2.05, 4.69) is 4.98 Å². The van der Waals surface area contributed by atoms with Crippen molar-refractivity contribution in [3.8, 4) is 0 Å². The number of pyridine rings is 1. The molecule has 2 aliphatic rings. The molecule has 1 aromatic heterocycles. The van der Waals surface area contributed by atoms with Gasteiger partial charge in [0.05, 0.1) is 27.8 Å². The fourth-order valence-electron chi connectivity index (χ4n) is 4.22. The molecule has 7 heteroatoms. The normalized spacial score (nSPS) is 22.3. The molecule has 2 fully saturated rings. The molecule has 5 nitrogen and oxygen atoms in total. The summed E-state index contributed by atoms with van der Waals surface area (Å²) in [6, 6.07) is 11.9. The molecule has 1 atom stereocenters. The summed E-state index contributed by atoms with van der Waals surface area (Å²) >= 11 is 1.44. The van der Waals surface area contributed by atoms with Crippen LogP contribution in [0.25, 0.3) is 10.9 Å². The van der Waals surface area contributed by atoms with Gasteiger partial charge in [-0.3, -0.25) is 4.79 Å². The third-order valence-corrected chi connectivity index (χ3v) is 8.19. The van der Waals surface area contributed by atoms with Gasteiger partial charge in [0.15, 0.2) is 9.84 Å². The van der Waals surface area contributed by atoms with E-state index in [1.165, 1.54) is 11.8 Å². The molecule has 1 saturated carbocycles. The molecular formula is C20H24N2O3S2. The molecule has 1 amide bonds. The highest BCUT2D eigenvalue weighted by atomic mass is 32.2. The van der Waals surface area contributed by atoms with Crippen LogP contribution in [-0.2, 0) is 14.6 Å². The fourth-order valence-corrected chi connectivity index (χ4v) is 6.68.